The molecular formula is C12H15BrN2O2. The third kappa shape index (κ3) is 3.64. The van der Waals surface area contributed by atoms with E-state index < -0.39 is 0 Å². The summed E-state index contributed by atoms with van der Waals surface area (Å²) >= 11 is 3.30. The molecule has 92 valence electrons. The molecule has 1 rings (SSSR count). The number of benzene rings is 1. The molecule has 0 heterocycles. The lowest BCUT2D eigenvalue weighted by atomic mass is 10.2. The summed E-state index contributed by atoms with van der Waals surface area (Å²) < 4.78 is 0.684. The minimum absolute atomic E-state index is 0.265. The van der Waals surface area contributed by atoms with Crippen molar-refractivity contribution in [3.8, 4) is 0 Å². The van der Waals surface area contributed by atoms with Gasteiger partial charge in [-0.2, -0.15) is 0 Å². The molecule has 2 amide bonds. The zero-order valence-corrected chi connectivity index (χ0v) is 11.2. The maximum Gasteiger partial charge on any atom is 0.261 e. The second kappa shape index (κ2) is 6.51. The highest BCUT2D eigenvalue weighted by atomic mass is 79.9. The first-order valence-corrected chi connectivity index (χ1v) is 6.14. The van der Waals surface area contributed by atoms with Crippen molar-refractivity contribution in [2.24, 2.45) is 5.73 Å². The maximum absolute atomic E-state index is 12.1. The molecule has 4 nitrogen and oxygen atoms in total. The first-order chi connectivity index (χ1) is 8.07. The Hall–Kier alpha value is -1.20. The van der Waals surface area contributed by atoms with Gasteiger partial charge in [-0.25, -0.2) is 0 Å². The normalized spacial score (nSPS) is 10.1. The summed E-state index contributed by atoms with van der Waals surface area (Å²) in [4.78, 5) is 24.8. The van der Waals surface area contributed by atoms with Gasteiger partial charge in [0.1, 0.15) is 0 Å². The van der Waals surface area contributed by atoms with Gasteiger partial charge in [0, 0.05) is 17.9 Å². The number of hydrogen-bond acceptors (Lipinski definition) is 3. The largest absolute Gasteiger partial charge is 0.330 e. The Bertz CT molecular complexity index is 421. The number of amides is 2. The Labute approximate surface area is 109 Å². The summed E-state index contributed by atoms with van der Waals surface area (Å²) in [5.41, 5.74) is 5.87. The van der Waals surface area contributed by atoms with Gasteiger partial charge < -0.3 is 5.73 Å². The Balaban J connectivity index is 2.92. The fourth-order valence-electron chi connectivity index (χ4n) is 1.43. The first kappa shape index (κ1) is 13.9. The molecule has 0 aliphatic carbocycles. The quantitative estimate of drug-likeness (QED) is 0.922. The number of rotatable bonds is 4. The predicted octanol–water partition coefficient (Wildman–Crippen LogP) is 1.79. The molecular weight excluding hydrogens is 284 g/mol. The van der Waals surface area contributed by atoms with Gasteiger partial charge in [-0.1, -0.05) is 12.1 Å². The zero-order chi connectivity index (χ0) is 12.8. The topological polar surface area (TPSA) is 63.4 Å². The molecule has 0 atom stereocenters. The summed E-state index contributed by atoms with van der Waals surface area (Å²) in [5, 5.41) is 0. The van der Waals surface area contributed by atoms with E-state index in [4.69, 9.17) is 5.73 Å². The van der Waals surface area contributed by atoms with Crippen LogP contribution in [0.4, 0.5) is 0 Å². The number of carbonyl (C=O) groups is 2. The van der Waals surface area contributed by atoms with Crippen LogP contribution in [0.15, 0.2) is 28.7 Å². The molecule has 1 aromatic rings. The van der Waals surface area contributed by atoms with Crippen LogP contribution in [0.1, 0.15) is 23.7 Å². The molecule has 17 heavy (non-hydrogen) atoms. The monoisotopic (exact) mass is 298 g/mol. The third-order valence-electron chi connectivity index (χ3n) is 2.32. The lowest BCUT2D eigenvalue weighted by molar-refractivity contribution is -0.126. The molecule has 0 aliphatic heterocycles. The van der Waals surface area contributed by atoms with E-state index in [9.17, 15) is 9.59 Å². The highest BCUT2D eigenvalue weighted by molar-refractivity contribution is 9.10. The SMILES string of the molecule is CC(=O)N(CCCN)C(=O)c1ccccc1Br. The average Bonchev–Trinajstić information content (AvgIpc) is 2.29. The van der Waals surface area contributed by atoms with Crippen LogP contribution in [0.25, 0.3) is 0 Å². The van der Waals surface area contributed by atoms with E-state index in [0.29, 0.717) is 29.5 Å². The van der Waals surface area contributed by atoms with Crippen LogP contribution in [0.5, 0.6) is 0 Å². The van der Waals surface area contributed by atoms with E-state index in [0.717, 1.165) is 0 Å². The van der Waals surface area contributed by atoms with Gasteiger partial charge in [0.25, 0.3) is 5.91 Å². The number of halogens is 1. The van der Waals surface area contributed by atoms with E-state index in [1.165, 1.54) is 11.8 Å². The minimum Gasteiger partial charge on any atom is -0.330 e. The van der Waals surface area contributed by atoms with Gasteiger partial charge in [-0.05, 0) is 41.0 Å². The molecule has 0 saturated carbocycles. The van der Waals surface area contributed by atoms with Crippen molar-refractivity contribution in [1.29, 1.82) is 0 Å². The predicted molar refractivity (Wildman–Crippen MR) is 69.5 cm³/mol. The highest BCUT2D eigenvalue weighted by Gasteiger charge is 2.20. The molecule has 0 aromatic heterocycles. The summed E-state index contributed by atoms with van der Waals surface area (Å²) in [6.45, 7) is 2.18. The van der Waals surface area contributed by atoms with Gasteiger partial charge >= 0.3 is 0 Å². The van der Waals surface area contributed by atoms with E-state index in [1.807, 2.05) is 6.07 Å². The minimum atomic E-state index is -0.293. The van der Waals surface area contributed by atoms with Crippen LogP contribution < -0.4 is 5.73 Å². The number of nitrogens with two attached hydrogens (primary N) is 1. The molecule has 0 radical (unpaired) electrons. The molecule has 0 bridgehead atoms. The van der Waals surface area contributed by atoms with Crippen molar-refractivity contribution < 1.29 is 9.59 Å². The van der Waals surface area contributed by atoms with Crippen LogP contribution in [0.2, 0.25) is 0 Å². The second-order valence-electron chi connectivity index (χ2n) is 3.60. The van der Waals surface area contributed by atoms with Crippen molar-refractivity contribution in [3.63, 3.8) is 0 Å². The van der Waals surface area contributed by atoms with Crippen molar-refractivity contribution in [2.75, 3.05) is 13.1 Å². The van der Waals surface area contributed by atoms with Gasteiger partial charge in [-0.15, -0.1) is 0 Å². The molecule has 0 unspecified atom stereocenters. The summed E-state index contributed by atoms with van der Waals surface area (Å²) in [6.07, 6.45) is 0.607. The molecule has 1 aromatic carbocycles. The van der Waals surface area contributed by atoms with Crippen LogP contribution in [-0.2, 0) is 4.79 Å². The maximum atomic E-state index is 12.1. The van der Waals surface area contributed by atoms with E-state index in [-0.39, 0.29) is 11.8 Å². The van der Waals surface area contributed by atoms with Crippen molar-refractivity contribution in [2.45, 2.75) is 13.3 Å². The Morgan fingerprint density at radius 3 is 2.53 bits per heavy atom. The highest BCUT2D eigenvalue weighted by Crippen LogP contribution is 2.18. The van der Waals surface area contributed by atoms with Crippen molar-refractivity contribution in [3.05, 3.63) is 34.3 Å². The Morgan fingerprint density at radius 2 is 2.00 bits per heavy atom. The average molecular weight is 299 g/mol. The molecule has 0 spiro atoms. The lowest BCUT2D eigenvalue weighted by Crippen LogP contribution is -2.37. The van der Waals surface area contributed by atoms with Gasteiger partial charge in [0.05, 0.1) is 5.56 Å². The molecule has 0 fully saturated rings. The number of hydrogen-bond donors (Lipinski definition) is 1. The fourth-order valence-corrected chi connectivity index (χ4v) is 1.89. The molecule has 0 aliphatic rings. The van der Waals surface area contributed by atoms with Crippen molar-refractivity contribution in [1.82, 2.24) is 4.90 Å². The van der Waals surface area contributed by atoms with Crippen molar-refractivity contribution >= 4 is 27.7 Å². The molecule has 2 N–H and O–H groups in total. The first-order valence-electron chi connectivity index (χ1n) is 5.35. The van der Waals surface area contributed by atoms with Crippen LogP contribution >= 0.6 is 15.9 Å². The number of nitrogens with zero attached hydrogens (tertiary/aromatic N) is 1. The summed E-state index contributed by atoms with van der Waals surface area (Å²) in [6, 6.07) is 7.04. The fraction of sp³-hybridized carbons (Fsp3) is 0.333. The van der Waals surface area contributed by atoms with Crippen LogP contribution in [-0.4, -0.2) is 29.8 Å². The number of carbonyl (C=O) groups excluding carboxylic acids is 2. The van der Waals surface area contributed by atoms with Gasteiger partial charge in [0.15, 0.2) is 0 Å². The lowest BCUT2D eigenvalue weighted by Gasteiger charge is -2.19. The van der Waals surface area contributed by atoms with Gasteiger partial charge in [0.2, 0.25) is 5.91 Å². The van der Waals surface area contributed by atoms with E-state index in [1.54, 1.807) is 18.2 Å². The summed E-state index contributed by atoms with van der Waals surface area (Å²) in [7, 11) is 0. The Morgan fingerprint density at radius 1 is 1.35 bits per heavy atom. The Kier molecular flexibility index (Phi) is 5.31. The zero-order valence-electron chi connectivity index (χ0n) is 9.65. The smallest absolute Gasteiger partial charge is 0.261 e. The molecule has 0 saturated heterocycles. The van der Waals surface area contributed by atoms with E-state index >= 15 is 0 Å². The molecule has 5 heteroatoms. The van der Waals surface area contributed by atoms with E-state index in [2.05, 4.69) is 15.9 Å². The van der Waals surface area contributed by atoms with Gasteiger partial charge in [-0.3, -0.25) is 14.5 Å². The second-order valence-corrected chi connectivity index (χ2v) is 4.45. The van der Waals surface area contributed by atoms with Crippen LogP contribution in [0, 0.1) is 0 Å². The summed E-state index contributed by atoms with van der Waals surface area (Å²) in [5.74, 6) is -0.558. The van der Waals surface area contributed by atoms with Crippen LogP contribution in [0.3, 0.4) is 0 Å². The third-order valence-corrected chi connectivity index (χ3v) is 3.01. The number of imide groups is 1. The standard InChI is InChI=1S/C12H15BrN2O2/c1-9(16)15(8-4-7-14)12(17)10-5-2-3-6-11(10)13/h2-3,5-6H,4,7-8,14H2,1H3.